The maximum Gasteiger partial charge on any atom is 0.407 e. The standard InChI is InChI=1S/C15H18FNO4/c1-2-15(13(18)19)7-8-17(14(20)21)9-12(15)10-3-5-11(16)6-4-10/h3-6,12H,2,7-9H2,1H3,(H,18,19)(H,20,21). The topological polar surface area (TPSA) is 77.8 Å². The van der Waals surface area contributed by atoms with Crippen LogP contribution in [0.5, 0.6) is 0 Å². The molecular weight excluding hydrogens is 277 g/mol. The predicted molar refractivity (Wildman–Crippen MR) is 73.7 cm³/mol. The minimum absolute atomic E-state index is 0.112. The van der Waals surface area contributed by atoms with Gasteiger partial charge in [-0.25, -0.2) is 9.18 Å². The van der Waals surface area contributed by atoms with Crippen molar-refractivity contribution in [3.63, 3.8) is 0 Å². The highest BCUT2D eigenvalue weighted by molar-refractivity contribution is 5.77. The van der Waals surface area contributed by atoms with Crippen molar-refractivity contribution in [1.82, 2.24) is 4.90 Å². The Morgan fingerprint density at radius 2 is 1.95 bits per heavy atom. The van der Waals surface area contributed by atoms with Gasteiger partial charge in [-0.1, -0.05) is 19.1 Å². The Morgan fingerprint density at radius 3 is 2.43 bits per heavy atom. The second-order valence-corrected chi connectivity index (χ2v) is 5.40. The van der Waals surface area contributed by atoms with Crippen LogP contribution >= 0.6 is 0 Å². The number of carboxylic acid groups (broad SMARTS) is 2. The van der Waals surface area contributed by atoms with Gasteiger partial charge in [-0.3, -0.25) is 4.79 Å². The fraction of sp³-hybridized carbons (Fsp3) is 0.467. The Bertz CT molecular complexity index is 545. The molecule has 2 N–H and O–H groups in total. The van der Waals surface area contributed by atoms with Crippen molar-refractivity contribution in [3.05, 3.63) is 35.6 Å². The van der Waals surface area contributed by atoms with Crippen molar-refractivity contribution >= 4 is 12.1 Å². The molecular formula is C15H18FNO4. The van der Waals surface area contributed by atoms with E-state index >= 15 is 0 Å². The molecule has 0 aliphatic carbocycles. The van der Waals surface area contributed by atoms with Crippen LogP contribution in [0, 0.1) is 11.2 Å². The van der Waals surface area contributed by atoms with Crippen LogP contribution in [0.15, 0.2) is 24.3 Å². The van der Waals surface area contributed by atoms with Gasteiger partial charge in [0, 0.05) is 19.0 Å². The van der Waals surface area contributed by atoms with Gasteiger partial charge in [0.25, 0.3) is 0 Å². The number of carboxylic acids is 1. The minimum Gasteiger partial charge on any atom is -0.481 e. The highest BCUT2D eigenvalue weighted by Gasteiger charge is 2.49. The molecule has 2 atom stereocenters. The number of likely N-dealkylation sites (tertiary alicyclic amines) is 1. The summed E-state index contributed by atoms with van der Waals surface area (Å²) < 4.78 is 13.1. The quantitative estimate of drug-likeness (QED) is 0.898. The van der Waals surface area contributed by atoms with Gasteiger partial charge < -0.3 is 15.1 Å². The van der Waals surface area contributed by atoms with Gasteiger partial charge in [0.2, 0.25) is 0 Å². The molecule has 0 bridgehead atoms. The third-order valence-corrected chi connectivity index (χ3v) is 4.50. The second-order valence-electron chi connectivity index (χ2n) is 5.40. The lowest BCUT2D eigenvalue weighted by atomic mass is 9.66. The van der Waals surface area contributed by atoms with Crippen molar-refractivity contribution in [2.75, 3.05) is 13.1 Å². The molecule has 21 heavy (non-hydrogen) atoms. The third-order valence-electron chi connectivity index (χ3n) is 4.50. The van der Waals surface area contributed by atoms with Crippen LogP contribution in [0.4, 0.5) is 9.18 Å². The molecule has 1 aromatic rings. The lowest BCUT2D eigenvalue weighted by Gasteiger charge is -2.44. The van der Waals surface area contributed by atoms with Gasteiger partial charge in [-0.05, 0) is 30.5 Å². The van der Waals surface area contributed by atoms with Crippen LogP contribution in [0.1, 0.15) is 31.2 Å². The van der Waals surface area contributed by atoms with Crippen LogP contribution in [0.2, 0.25) is 0 Å². The van der Waals surface area contributed by atoms with E-state index in [0.717, 1.165) is 0 Å². The first kappa shape index (κ1) is 15.3. The molecule has 2 unspecified atom stereocenters. The van der Waals surface area contributed by atoms with Crippen LogP contribution in [-0.4, -0.2) is 40.3 Å². The van der Waals surface area contributed by atoms with E-state index in [1.54, 1.807) is 19.1 Å². The monoisotopic (exact) mass is 295 g/mol. The zero-order valence-corrected chi connectivity index (χ0v) is 11.8. The molecule has 1 fully saturated rings. The van der Waals surface area contributed by atoms with E-state index in [-0.39, 0.29) is 19.5 Å². The molecule has 0 saturated carbocycles. The number of benzene rings is 1. The van der Waals surface area contributed by atoms with Crippen LogP contribution < -0.4 is 0 Å². The molecule has 0 radical (unpaired) electrons. The number of aliphatic carboxylic acids is 1. The second kappa shape index (κ2) is 5.71. The number of rotatable bonds is 3. The minimum atomic E-state index is -1.06. The lowest BCUT2D eigenvalue weighted by molar-refractivity contribution is -0.153. The summed E-state index contributed by atoms with van der Waals surface area (Å²) in [5, 5.41) is 18.8. The fourth-order valence-electron chi connectivity index (χ4n) is 3.12. The largest absolute Gasteiger partial charge is 0.481 e. The molecule has 1 aliphatic rings. The van der Waals surface area contributed by atoms with Gasteiger partial charge in [0.05, 0.1) is 5.41 Å². The molecule has 0 spiro atoms. The summed E-state index contributed by atoms with van der Waals surface area (Å²) in [4.78, 5) is 24.2. The van der Waals surface area contributed by atoms with Crippen molar-refractivity contribution in [2.24, 2.45) is 5.41 Å². The predicted octanol–water partition coefficient (Wildman–Crippen LogP) is 2.77. The van der Waals surface area contributed by atoms with Crippen LogP contribution in [-0.2, 0) is 4.79 Å². The molecule has 114 valence electrons. The fourth-order valence-corrected chi connectivity index (χ4v) is 3.12. The Kier molecular flexibility index (Phi) is 4.16. The first-order chi connectivity index (χ1) is 9.90. The molecule has 1 saturated heterocycles. The molecule has 1 aromatic carbocycles. The summed E-state index contributed by atoms with van der Waals surface area (Å²) in [5.41, 5.74) is -0.351. The number of halogens is 1. The lowest BCUT2D eigenvalue weighted by Crippen LogP contribution is -2.51. The summed E-state index contributed by atoms with van der Waals surface area (Å²) >= 11 is 0. The van der Waals surface area contributed by atoms with E-state index in [1.165, 1.54) is 17.0 Å². The van der Waals surface area contributed by atoms with E-state index < -0.39 is 29.2 Å². The number of nitrogens with zero attached hydrogens (tertiary/aromatic N) is 1. The molecule has 2 rings (SSSR count). The van der Waals surface area contributed by atoms with Gasteiger partial charge in [-0.15, -0.1) is 0 Å². The number of piperidine rings is 1. The Labute approximate surface area is 122 Å². The number of hydrogen-bond acceptors (Lipinski definition) is 2. The van der Waals surface area contributed by atoms with E-state index in [4.69, 9.17) is 5.11 Å². The van der Waals surface area contributed by atoms with Crippen LogP contribution in [0.3, 0.4) is 0 Å². The number of amides is 1. The third kappa shape index (κ3) is 2.70. The van der Waals surface area contributed by atoms with Gasteiger partial charge in [0.1, 0.15) is 5.82 Å². The Morgan fingerprint density at radius 1 is 1.33 bits per heavy atom. The van der Waals surface area contributed by atoms with E-state index in [0.29, 0.717) is 12.0 Å². The number of hydrogen-bond donors (Lipinski definition) is 2. The zero-order chi connectivity index (χ0) is 15.6. The van der Waals surface area contributed by atoms with Gasteiger partial charge >= 0.3 is 12.1 Å². The first-order valence-corrected chi connectivity index (χ1v) is 6.87. The van der Waals surface area contributed by atoms with Crippen molar-refractivity contribution < 1.29 is 24.2 Å². The highest BCUT2D eigenvalue weighted by Crippen LogP contribution is 2.45. The van der Waals surface area contributed by atoms with E-state index in [2.05, 4.69) is 0 Å². The van der Waals surface area contributed by atoms with Crippen molar-refractivity contribution in [3.8, 4) is 0 Å². The maximum absolute atomic E-state index is 13.1. The van der Waals surface area contributed by atoms with Crippen molar-refractivity contribution in [2.45, 2.75) is 25.7 Å². The molecule has 1 aliphatic heterocycles. The van der Waals surface area contributed by atoms with E-state index in [9.17, 15) is 19.1 Å². The smallest absolute Gasteiger partial charge is 0.407 e. The van der Waals surface area contributed by atoms with Crippen LogP contribution in [0.25, 0.3) is 0 Å². The first-order valence-electron chi connectivity index (χ1n) is 6.87. The average Bonchev–Trinajstić information content (AvgIpc) is 2.47. The molecule has 1 amide bonds. The summed E-state index contributed by atoms with van der Waals surface area (Å²) in [6.07, 6.45) is -0.400. The Hall–Kier alpha value is -2.11. The van der Waals surface area contributed by atoms with Crippen molar-refractivity contribution in [1.29, 1.82) is 0 Å². The zero-order valence-electron chi connectivity index (χ0n) is 11.8. The van der Waals surface area contributed by atoms with Gasteiger partial charge in [0.15, 0.2) is 0 Å². The molecule has 5 nitrogen and oxygen atoms in total. The van der Waals surface area contributed by atoms with E-state index in [1.807, 2.05) is 0 Å². The number of carbonyl (C=O) groups is 2. The molecule has 1 heterocycles. The SMILES string of the molecule is CCC1(C(=O)O)CCN(C(=O)O)CC1c1ccc(F)cc1. The molecule has 6 heteroatoms. The Balaban J connectivity index is 2.43. The molecule has 0 aromatic heterocycles. The highest BCUT2D eigenvalue weighted by atomic mass is 19.1. The summed E-state index contributed by atoms with van der Waals surface area (Å²) in [7, 11) is 0. The average molecular weight is 295 g/mol. The summed E-state index contributed by atoms with van der Waals surface area (Å²) in [6.45, 7) is 2.11. The summed E-state index contributed by atoms with van der Waals surface area (Å²) in [5.74, 6) is -1.81. The normalized spacial score (nSPS) is 25.6. The maximum atomic E-state index is 13.1. The summed E-state index contributed by atoms with van der Waals surface area (Å²) in [6, 6.07) is 5.63. The van der Waals surface area contributed by atoms with Gasteiger partial charge in [-0.2, -0.15) is 0 Å².